The molecule has 2 nitrogen and oxygen atoms in total. The minimum Gasteiger partial charge on any atom is -0.353 e. The summed E-state index contributed by atoms with van der Waals surface area (Å²) in [5, 5.41) is 3.16. The molecule has 1 rings (SSSR count). The highest BCUT2D eigenvalue weighted by Gasteiger charge is 2.25. The molecule has 2 unspecified atom stereocenters. The van der Waals surface area contributed by atoms with Gasteiger partial charge in [-0.05, 0) is 25.2 Å². The minimum absolute atomic E-state index is 0.218. The van der Waals surface area contributed by atoms with Crippen LogP contribution in [0.25, 0.3) is 0 Å². The number of unbranched alkanes of at least 4 members (excludes halogenated alkanes) is 2. The van der Waals surface area contributed by atoms with Crippen LogP contribution in [0.5, 0.6) is 0 Å². The van der Waals surface area contributed by atoms with Gasteiger partial charge in [0.1, 0.15) is 0 Å². The van der Waals surface area contributed by atoms with E-state index in [0.717, 1.165) is 19.3 Å². The second kappa shape index (κ2) is 7.94. The first-order valence-electron chi connectivity index (χ1n) is 6.63. The van der Waals surface area contributed by atoms with Gasteiger partial charge < -0.3 is 5.32 Å². The number of carbonyl (C=O) groups is 1. The summed E-state index contributed by atoms with van der Waals surface area (Å²) in [5.74, 6) is 1.39. The minimum atomic E-state index is 0.218. The smallest absolute Gasteiger partial charge is 0.220 e. The van der Waals surface area contributed by atoms with E-state index in [2.05, 4.69) is 12.2 Å². The van der Waals surface area contributed by atoms with Gasteiger partial charge in [0.25, 0.3) is 0 Å². The Morgan fingerprint density at radius 3 is 2.75 bits per heavy atom. The third-order valence-corrected chi connectivity index (χ3v) is 3.86. The van der Waals surface area contributed by atoms with E-state index in [4.69, 9.17) is 11.6 Å². The van der Waals surface area contributed by atoms with Crippen molar-refractivity contribution in [1.29, 1.82) is 0 Å². The van der Waals surface area contributed by atoms with Crippen LogP contribution < -0.4 is 5.32 Å². The second-order valence-electron chi connectivity index (χ2n) is 4.83. The Hall–Kier alpha value is -0.240. The Balaban J connectivity index is 2.25. The first kappa shape index (κ1) is 13.8. The van der Waals surface area contributed by atoms with E-state index in [0.29, 0.717) is 24.3 Å². The molecule has 3 heteroatoms. The topological polar surface area (TPSA) is 29.1 Å². The molecule has 1 amide bonds. The van der Waals surface area contributed by atoms with E-state index in [1.807, 2.05) is 0 Å². The quantitative estimate of drug-likeness (QED) is 0.563. The number of alkyl halides is 1. The molecule has 16 heavy (non-hydrogen) atoms. The third kappa shape index (κ3) is 4.73. The molecule has 0 aliphatic heterocycles. The molecule has 1 aliphatic carbocycles. The number of rotatable bonds is 6. The van der Waals surface area contributed by atoms with E-state index in [1.165, 1.54) is 25.7 Å². The summed E-state index contributed by atoms with van der Waals surface area (Å²) in [6.07, 6.45) is 8.78. The summed E-state index contributed by atoms with van der Waals surface area (Å²) >= 11 is 5.93. The van der Waals surface area contributed by atoms with Gasteiger partial charge in [-0.15, -0.1) is 11.6 Å². The molecule has 0 aromatic carbocycles. The van der Waals surface area contributed by atoms with E-state index in [-0.39, 0.29) is 5.91 Å². The molecule has 0 saturated heterocycles. The van der Waals surface area contributed by atoms with Gasteiger partial charge >= 0.3 is 0 Å². The average molecular weight is 246 g/mol. The average Bonchev–Trinajstić information content (AvgIpc) is 2.30. The monoisotopic (exact) mass is 245 g/mol. The van der Waals surface area contributed by atoms with Crippen LogP contribution in [0.4, 0.5) is 0 Å². The molecule has 1 saturated carbocycles. The molecule has 0 aromatic rings. The molecule has 0 heterocycles. The summed E-state index contributed by atoms with van der Waals surface area (Å²) in [6, 6.07) is 0.334. The number of hydrogen-bond acceptors (Lipinski definition) is 1. The Labute approximate surface area is 104 Å². The highest BCUT2D eigenvalue weighted by Crippen LogP contribution is 2.25. The molecule has 0 radical (unpaired) electrons. The third-order valence-electron chi connectivity index (χ3n) is 3.46. The molecule has 94 valence electrons. The van der Waals surface area contributed by atoms with Crippen LogP contribution >= 0.6 is 11.6 Å². The van der Waals surface area contributed by atoms with E-state index >= 15 is 0 Å². The molecule has 0 bridgehead atoms. The van der Waals surface area contributed by atoms with E-state index in [9.17, 15) is 4.79 Å². The Morgan fingerprint density at radius 2 is 2.06 bits per heavy atom. The van der Waals surface area contributed by atoms with Crippen LogP contribution in [-0.4, -0.2) is 17.8 Å². The molecule has 1 N–H and O–H groups in total. The van der Waals surface area contributed by atoms with Gasteiger partial charge in [0.05, 0.1) is 0 Å². The lowest BCUT2D eigenvalue weighted by Gasteiger charge is -2.30. The predicted octanol–water partition coefficient (Wildman–Crippen LogP) is 3.48. The van der Waals surface area contributed by atoms with Crippen molar-refractivity contribution < 1.29 is 4.79 Å². The van der Waals surface area contributed by atoms with Gasteiger partial charge in [-0.25, -0.2) is 0 Å². The van der Waals surface area contributed by atoms with E-state index < -0.39 is 0 Å². The van der Waals surface area contributed by atoms with Gasteiger partial charge in [0.15, 0.2) is 0 Å². The van der Waals surface area contributed by atoms with Crippen molar-refractivity contribution in [3.63, 3.8) is 0 Å². The highest BCUT2D eigenvalue weighted by molar-refractivity contribution is 6.18. The van der Waals surface area contributed by atoms with Crippen molar-refractivity contribution in [2.24, 2.45) is 5.92 Å². The standard InChI is InChI=1S/C13H24ClNO/c1-2-3-4-9-13(16)15-12-8-6-5-7-11(12)10-14/h11-12H,2-10H2,1H3,(H,15,16). The number of hydrogen-bond donors (Lipinski definition) is 1. The Kier molecular flexibility index (Phi) is 6.86. The molecule has 0 aromatic heterocycles. The number of nitrogens with one attached hydrogen (secondary N) is 1. The Morgan fingerprint density at radius 1 is 1.31 bits per heavy atom. The summed E-state index contributed by atoms with van der Waals surface area (Å²) in [7, 11) is 0. The lowest BCUT2D eigenvalue weighted by Crippen LogP contribution is -2.42. The maximum atomic E-state index is 11.7. The fourth-order valence-electron chi connectivity index (χ4n) is 2.40. The van der Waals surface area contributed by atoms with Gasteiger partial charge in [0.2, 0.25) is 5.91 Å². The predicted molar refractivity (Wildman–Crippen MR) is 68.8 cm³/mol. The van der Waals surface area contributed by atoms with Gasteiger partial charge in [-0.2, -0.15) is 0 Å². The van der Waals surface area contributed by atoms with Crippen molar-refractivity contribution in [2.75, 3.05) is 5.88 Å². The maximum absolute atomic E-state index is 11.7. The molecular formula is C13H24ClNO. The van der Waals surface area contributed by atoms with Crippen LogP contribution in [-0.2, 0) is 4.79 Å². The Bertz CT molecular complexity index is 208. The summed E-state index contributed by atoms with van der Waals surface area (Å²) in [4.78, 5) is 11.7. The summed E-state index contributed by atoms with van der Waals surface area (Å²) in [6.45, 7) is 2.16. The SMILES string of the molecule is CCCCCC(=O)NC1CCCCC1CCl. The number of carbonyl (C=O) groups excluding carboxylic acids is 1. The number of halogens is 1. The molecule has 2 atom stereocenters. The first-order chi connectivity index (χ1) is 7.77. The fourth-order valence-corrected chi connectivity index (χ4v) is 2.77. The molecule has 1 fully saturated rings. The lowest BCUT2D eigenvalue weighted by molar-refractivity contribution is -0.122. The van der Waals surface area contributed by atoms with Crippen LogP contribution in [0, 0.1) is 5.92 Å². The highest BCUT2D eigenvalue weighted by atomic mass is 35.5. The zero-order valence-corrected chi connectivity index (χ0v) is 11.1. The molecule has 0 spiro atoms. The normalized spacial score (nSPS) is 25.4. The number of amides is 1. The second-order valence-corrected chi connectivity index (χ2v) is 5.14. The largest absolute Gasteiger partial charge is 0.353 e. The summed E-state index contributed by atoms with van der Waals surface area (Å²) < 4.78 is 0. The van der Waals surface area contributed by atoms with Crippen LogP contribution in [0.2, 0.25) is 0 Å². The van der Waals surface area contributed by atoms with Crippen molar-refractivity contribution >= 4 is 17.5 Å². The van der Waals surface area contributed by atoms with Gasteiger partial charge in [-0.3, -0.25) is 4.79 Å². The van der Waals surface area contributed by atoms with Crippen molar-refractivity contribution in [1.82, 2.24) is 5.32 Å². The van der Waals surface area contributed by atoms with Crippen molar-refractivity contribution in [3.8, 4) is 0 Å². The maximum Gasteiger partial charge on any atom is 0.220 e. The van der Waals surface area contributed by atoms with E-state index in [1.54, 1.807) is 0 Å². The van der Waals surface area contributed by atoms with Gasteiger partial charge in [-0.1, -0.05) is 32.6 Å². The molecule has 1 aliphatic rings. The summed E-state index contributed by atoms with van der Waals surface area (Å²) in [5.41, 5.74) is 0. The van der Waals surface area contributed by atoms with Crippen LogP contribution in [0.3, 0.4) is 0 Å². The van der Waals surface area contributed by atoms with Gasteiger partial charge in [0, 0.05) is 18.3 Å². The zero-order valence-electron chi connectivity index (χ0n) is 10.3. The van der Waals surface area contributed by atoms with Crippen molar-refractivity contribution in [3.05, 3.63) is 0 Å². The zero-order chi connectivity index (χ0) is 11.8. The molecular weight excluding hydrogens is 222 g/mol. The van der Waals surface area contributed by atoms with Crippen molar-refractivity contribution in [2.45, 2.75) is 64.3 Å². The lowest BCUT2D eigenvalue weighted by atomic mass is 9.85. The van der Waals surface area contributed by atoms with Crippen LogP contribution in [0.15, 0.2) is 0 Å². The first-order valence-corrected chi connectivity index (χ1v) is 7.16. The fraction of sp³-hybridized carbons (Fsp3) is 0.923. The van der Waals surface area contributed by atoms with Crippen LogP contribution in [0.1, 0.15) is 58.3 Å².